The Kier molecular flexibility index (Phi) is 8.24. The van der Waals surface area contributed by atoms with Gasteiger partial charge < -0.3 is 25.0 Å². The zero-order chi connectivity index (χ0) is 34.8. The molecule has 3 fully saturated rings. The summed E-state index contributed by atoms with van der Waals surface area (Å²) in [4.78, 5) is 30.5. The lowest BCUT2D eigenvalue weighted by atomic mass is 9.95. The Bertz CT molecular complexity index is 1980. The van der Waals surface area contributed by atoms with Gasteiger partial charge in [0, 0.05) is 50.1 Å². The number of likely N-dealkylation sites (tertiary alicyclic amines) is 1. The standard InChI is InChI=1S/C32H31F6N7O3S/c1-3-22(46)44-10-7-17(14-44)43(2)28-19-11-21(48-32(36,37)38)23(18-5-6-20(34)27-26(18)40-29(39)49-27)24(35)25(19)41-30(42-28)47-15-31-8-4-9-45(31)13-16(33)12-31/h3,5-6,11,16-17H,1,4,7-10,12-15H2,2H3,(H2,39,40)/t16-,17-,31+/m1/s1. The molecular weight excluding hydrogens is 676 g/mol. The Hall–Kier alpha value is -4.38. The maximum atomic E-state index is 17.0. The molecule has 3 saturated heterocycles. The van der Waals surface area contributed by atoms with Crippen molar-refractivity contribution in [3.05, 3.63) is 42.5 Å². The van der Waals surface area contributed by atoms with Crippen molar-refractivity contribution in [1.29, 1.82) is 0 Å². The van der Waals surface area contributed by atoms with Crippen molar-refractivity contribution in [3.8, 4) is 22.9 Å². The van der Waals surface area contributed by atoms with Crippen molar-refractivity contribution < 1.29 is 40.6 Å². The number of aromatic nitrogens is 3. The number of carbonyl (C=O) groups is 1. The molecule has 4 aromatic rings. The van der Waals surface area contributed by atoms with Gasteiger partial charge in [0.1, 0.15) is 35.7 Å². The molecule has 0 saturated carbocycles. The van der Waals surface area contributed by atoms with Crippen LogP contribution in [-0.4, -0.2) is 94.6 Å². The average Bonchev–Trinajstić information content (AvgIpc) is 3.83. The van der Waals surface area contributed by atoms with Crippen molar-refractivity contribution in [2.45, 2.75) is 49.8 Å². The highest BCUT2D eigenvalue weighted by atomic mass is 32.1. The molecule has 2 N–H and O–H groups in total. The van der Waals surface area contributed by atoms with Gasteiger partial charge in [-0.2, -0.15) is 9.97 Å². The SMILES string of the molecule is C=CC(=O)N1CC[C@@H](N(C)c2nc(OC[C@@]34CCCN3C[C@H](F)C4)nc3c(F)c(-c4ccc(F)c5sc(N)nc45)c(OC(F)(F)F)cc23)C1. The molecule has 7 rings (SSSR count). The average molecular weight is 708 g/mol. The quantitative estimate of drug-likeness (QED) is 0.178. The van der Waals surface area contributed by atoms with Gasteiger partial charge >= 0.3 is 12.4 Å². The van der Waals surface area contributed by atoms with Crippen molar-refractivity contribution in [3.63, 3.8) is 0 Å². The topological polar surface area (TPSA) is 110 Å². The van der Waals surface area contributed by atoms with Gasteiger partial charge in [0.2, 0.25) is 5.91 Å². The Balaban J connectivity index is 1.40. The summed E-state index contributed by atoms with van der Waals surface area (Å²) in [7, 11) is 1.62. The number of nitrogens with two attached hydrogens (primary N) is 1. The summed E-state index contributed by atoms with van der Waals surface area (Å²) in [5.41, 5.74) is 3.79. The first-order valence-electron chi connectivity index (χ1n) is 15.6. The summed E-state index contributed by atoms with van der Waals surface area (Å²) >= 11 is 0.757. The lowest BCUT2D eigenvalue weighted by Gasteiger charge is -2.31. The van der Waals surface area contributed by atoms with Gasteiger partial charge in [0.15, 0.2) is 10.9 Å². The number of nitrogens with zero attached hydrogens (tertiary/aromatic N) is 6. The minimum Gasteiger partial charge on any atom is -0.461 e. The number of likely N-dealkylation sites (N-methyl/N-ethyl adjacent to an activating group) is 1. The predicted octanol–water partition coefficient (Wildman–Crippen LogP) is 5.84. The number of hydrogen-bond acceptors (Lipinski definition) is 10. The van der Waals surface area contributed by atoms with Crippen LogP contribution in [0.2, 0.25) is 0 Å². The third kappa shape index (κ3) is 5.96. The van der Waals surface area contributed by atoms with E-state index in [0.29, 0.717) is 25.9 Å². The fourth-order valence-corrected chi connectivity index (χ4v) is 8.12. The third-order valence-electron chi connectivity index (χ3n) is 9.62. The summed E-state index contributed by atoms with van der Waals surface area (Å²) in [6.45, 7) is 5.12. The van der Waals surface area contributed by atoms with Crippen molar-refractivity contribution in [2.75, 3.05) is 50.5 Å². The summed E-state index contributed by atoms with van der Waals surface area (Å²) in [5, 5.41) is -0.212. The molecule has 1 amide bonds. The smallest absolute Gasteiger partial charge is 0.461 e. The van der Waals surface area contributed by atoms with Crippen LogP contribution >= 0.6 is 11.3 Å². The van der Waals surface area contributed by atoms with E-state index in [0.717, 1.165) is 36.0 Å². The number of nitrogen functional groups attached to an aromatic ring is 1. The molecule has 2 aromatic carbocycles. The van der Waals surface area contributed by atoms with E-state index in [1.807, 2.05) is 4.90 Å². The van der Waals surface area contributed by atoms with Crippen LogP contribution in [0.3, 0.4) is 0 Å². The maximum Gasteiger partial charge on any atom is 0.573 e. The molecule has 0 bridgehead atoms. The van der Waals surface area contributed by atoms with Crippen LogP contribution in [-0.2, 0) is 4.79 Å². The van der Waals surface area contributed by atoms with Crippen LogP contribution in [0.4, 0.5) is 37.3 Å². The first-order chi connectivity index (χ1) is 23.3. The molecule has 3 aliphatic rings. The normalized spacial score (nSPS) is 22.6. The van der Waals surface area contributed by atoms with Crippen molar-refractivity contribution in [1.82, 2.24) is 24.8 Å². The molecule has 260 valence electrons. The Morgan fingerprint density at radius 3 is 2.76 bits per heavy atom. The Morgan fingerprint density at radius 2 is 2.00 bits per heavy atom. The zero-order valence-corrected chi connectivity index (χ0v) is 27.0. The minimum absolute atomic E-state index is 0.00749. The van der Waals surface area contributed by atoms with Crippen LogP contribution in [0.25, 0.3) is 32.2 Å². The Morgan fingerprint density at radius 1 is 1.20 bits per heavy atom. The fraction of sp³-hybridized carbons (Fsp3) is 0.438. The van der Waals surface area contributed by atoms with Crippen molar-refractivity contribution in [2.24, 2.45) is 0 Å². The first kappa shape index (κ1) is 33.1. The zero-order valence-electron chi connectivity index (χ0n) is 26.2. The molecular formula is C32H31F6N7O3S. The lowest BCUT2D eigenvalue weighted by Crippen LogP contribution is -2.43. The summed E-state index contributed by atoms with van der Waals surface area (Å²) in [6, 6.07) is 2.41. The highest BCUT2D eigenvalue weighted by Crippen LogP contribution is 2.46. The molecule has 0 unspecified atom stereocenters. The number of ether oxygens (including phenoxy) is 2. The van der Waals surface area contributed by atoms with E-state index in [1.165, 1.54) is 6.08 Å². The van der Waals surface area contributed by atoms with Crippen LogP contribution in [0.5, 0.6) is 11.8 Å². The Labute approximate surface area is 280 Å². The second-order valence-electron chi connectivity index (χ2n) is 12.6. The molecule has 17 heteroatoms. The molecule has 5 heterocycles. The highest BCUT2D eigenvalue weighted by molar-refractivity contribution is 7.22. The van der Waals surface area contributed by atoms with Gasteiger partial charge in [-0.1, -0.05) is 17.9 Å². The number of alkyl halides is 4. The predicted molar refractivity (Wildman–Crippen MR) is 171 cm³/mol. The second-order valence-corrected chi connectivity index (χ2v) is 13.6. The van der Waals surface area contributed by atoms with Crippen LogP contribution < -0.4 is 20.1 Å². The summed E-state index contributed by atoms with van der Waals surface area (Å²) < 4.78 is 98.2. The van der Waals surface area contributed by atoms with Crippen LogP contribution in [0, 0.1) is 11.6 Å². The molecule has 10 nitrogen and oxygen atoms in total. The summed E-state index contributed by atoms with van der Waals surface area (Å²) in [6.07, 6.45) is -2.86. The lowest BCUT2D eigenvalue weighted by molar-refractivity contribution is -0.274. The fourth-order valence-electron chi connectivity index (χ4n) is 7.36. The summed E-state index contributed by atoms with van der Waals surface area (Å²) in [5.74, 6) is -3.16. The number of anilines is 2. The number of fused-ring (bicyclic) bond motifs is 3. The van der Waals surface area contributed by atoms with Gasteiger partial charge in [-0.05, 0) is 50.1 Å². The number of thiazole rings is 1. The maximum absolute atomic E-state index is 17.0. The number of halogens is 6. The molecule has 2 aromatic heterocycles. The molecule has 3 atom stereocenters. The van der Waals surface area contributed by atoms with E-state index in [1.54, 1.807) is 16.8 Å². The van der Waals surface area contributed by atoms with Crippen LogP contribution in [0.15, 0.2) is 30.9 Å². The number of amides is 1. The molecule has 49 heavy (non-hydrogen) atoms. The van der Waals surface area contributed by atoms with Crippen LogP contribution in [0.1, 0.15) is 25.7 Å². The molecule has 0 spiro atoms. The third-order valence-corrected chi connectivity index (χ3v) is 10.5. The second kappa shape index (κ2) is 12.2. The number of rotatable bonds is 8. The number of carbonyl (C=O) groups excluding carboxylic acids is 1. The van der Waals surface area contributed by atoms with Gasteiger partial charge in [-0.15, -0.1) is 13.2 Å². The van der Waals surface area contributed by atoms with Gasteiger partial charge in [0.25, 0.3) is 0 Å². The van der Waals surface area contributed by atoms with E-state index < -0.39 is 46.5 Å². The largest absolute Gasteiger partial charge is 0.573 e. The van der Waals surface area contributed by atoms with Crippen molar-refractivity contribution >= 4 is 49.3 Å². The highest BCUT2D eigenvalue weighted by Gasteiger charge is 2.49. The first-order valence-corrected chi connectivity index (χ1v) is 16.4. The van der Waals surface area contributed by atoms with E-state index in [9.17, 15) is 26.7 Å². The number of hydrogen-bond donors (Lipinski definition) is 1. The monoisotopic (exact) mass is 707 g/mol. The van der Waals surface area contributed by atoms with Gasteiger partial charge in [0.05, 0.1) is 21.3 Å². The minimum atomic E-state index is -5.25. The molecule has 3 aliphatic heterocycles. The van der Waals surface area contributed by atoms with E-state index in [2.05, 4.69) is 26.3 Å². The molecule has 0 aliphatic carbocycles. The number of benzene rings is 2. The van der Waals surface area contributed by atoms with Gasteiger partial charge in [-0.25, -0.2) is 18.2 Å². The van der Waals surface area contributed by atoms with E-state index in [-0.39, 0.29) is 76.2 Å². The molecule has 0 radical (unpaired) electrons. The van der Waals surface area contributed by atoms with E-state index in [4.69, 9.17) is 10.5 Å². The van der Waals surface area contributed by atoms with Gasteiger partial charge in [-0.3, -0.25) is 9.69 Å². The van der Waals surface area contributed by atoms with E-state index >= 15 is 4.39 Å².